The highest BCUT2D eigenvalue weighted by atomic mass is 16.5. The van der Waals surface area contributed by atoms with Gasteiger partial charge in [0.05, 0.1) is 5.41 Å². The van der Waals surface area contributed by atoms with Crippen molar-refractivity contribution >= 4 is 5.97 Å². The predicted molar refractivity (Wildman–Crippen MR) is 84.1 cm³/mol. The molecule has 2 nitrogen and oxygen atoms in total. The highest BCUT2D eigenvalue weighted by molar-refractivity contribution is 5.79. The monoisotopic (exact) mass is 280 g/mol. The Morgan fingerprint density at radius 3 is 1.90 bits per heavy atom. The first kappa shape index (κ1) is 13.9. The van der Waals surface area contributed by atoms with Gasteiger partial charge in [-0.15, -0.1) is 0 Å². The van der Waals surface area contributed by atoms with Crippen molar-refractivity contribution in [2.45, 2.75) is 26.7 Å². The Labute approximate surface area is 125 Å². The molecule has 3 rings (SSSR count). The van der Waals surface area contributed by atoms with Crippen molar-refractivity contribution in [2.24, 2.45) is 5.41 Å². The zero-order chi connectivity index (χ0) is 15.0. The number of fused-ring (bicyclic) bond motifs is 3. The summed E-state index contributed by atoms with van der Waals surface area (Å²) in [5.74, 6) is -0.00642. The Hall–Kier alpha value is -2.09. The number of ether oxygens (including phenoxy) is 1. The van der Waals surface area contributed by atoms with Crippen molar-refractivity contribution < 1.29 is 9.53 Å². The van der Waals surface area contributed by atoms with Gasteiger partial charge in [-0.25, -0.2) is 0 Å². The summed E-state index contributed by atoms with van der Waals surface area (Å²) in [6, 6.07) is 16.7. The summed E-state index contributed by atoms with van der Waals surface area (Å²) in [5, 5.41) is 0. The van der Waals surface area contributed by atoms with Crippen molar-refractivity contribution in [3.8, 4) is 11.1 Å². The normalized spacial score (nSPS) is 13.7. The highest BCUT2D eigenvalue weighted by Gasteiger charge is 2.30. The van der Waals surface area contributed by atoms with Crippen molar-refractivity contribution in [1.29, 1.82) is 0 Å². The zero-order valence-corrected chi connectivity index (χ0v) is 12.7. The molecule has 1 aliphatic rings. The maximum absolute atomic E-state index is 12.0. The number of benzene rings is 2. The molecule has 2 aromatic rings. The van der Waals surface area contributed by atoms with E-state index in [-0.39, 0.29) is 11.9 Å². The standard InChI is InChI=1S/C19H20O2/c1-19(2,3)18(20)21-12-17-15-10-6-4-8-13(15)14-9-5-7-11-16(14)17/h4-11,17H,12H2,1-3H3. The third-order valence-electron chi connectivity index (χ3n) is 3.96. The van der Waals surface area contributed by atoms with E-state index in [1.165, 1.54) is 22.3 Å². The fourth-order valence-electron chi connectivity index (χ4n) is 2.81. The number of hydrogen-bond donors (Lipinski definition) is 0. The van der Waals surface area contributed by atoms with Gasteiger partial charge in [0, 0.05) is 5.92 Å². The average Bonchev–Trinajstić information content (AvgIpc) is 2.78. The van der Waals surface area contributed by atoms with Crippen LogP contribution in [-0.4, -0.2) is 12.6 Å². The summed E-state index contributed by atoms with van der Waals surface area (Å²) >= 11 is 0. The largest absolute Gasteiger partial charge is 0.464 e. The molecule has 0 aliphatic heterocycles. The first-order chi connectivity index (χ1) is 9.98. The van der Waals surface area contributed by atoms with Crippen molar-refractivity contribution in [2.75, 3.05) is 6.61 Å². The fraction of sp³-hybridized carbons (Fsp3) is 0.316. The van der Waals surface area contributed by atoms with Gasteiger partial charge >= 0.3 is 5.97 Å². The maximum Gasteiger partial charge on any atom is 0.311 e. The second-order valence-corrected chi connectivity index (χ2v) is 6.58. The Bertz CT molecular complexity index is 634. The Morgan fingerprint density at radius 1 is 0.952 bits per heavy atom. The topological polar surface area (TPSA) is 26.3 Å². The van der Waals surface area contributed by atoms with Crippen LogP contribution in [0.4, 0.5) is 0 Å². The minimum atomic E-state index is -0.461. The van der Waals surface area contributed by atoms with Gasteiger partial charge in [-0.05, 0) is 43.0 Å². The molecule has 2 heteroatoms. The van der Waals surface area contributed by atoms with Crippen molar-refractivity contribution in [3.63, 3.8) is 0 Å². The molecular weight excluding hydrogens is 260 g/mol. The second kappa shape index (κ2) is 5.03. The third-order valence-corrected chi connectivity index (χ3v) is 3.96. The Morgan fingerprint density at radius 2 is 1.43 bits per heavy atom. The van der Waals surface area contributed by atoms with Gasteiger partial charge < -0.3 is 4.74 Å². The lowest BCUT2D eigenvalue weighted by Crippen LogP contribution is -2.25. The molecule has 0 atom stereocenters. The first-order valence-electron chi connectivity index (χ1n) is 7.34. The quantitative estimate of drug-likeness (QED) is 0.763. The van der Waals surface area contributed by atoms with Crippen LogP contribution in [0.3, 0.4) is 0 Å². The molecule has 21 heavy (non-hydrogen) atoms. The average molecular weight is 280 g/mol. The molecule has 0 heterocycles. The zero-order valence-electron chi connectivity index (χ0n) is 12.7. The fourth-order valence-corrected chi connectivity index (χ4v) is 2.81. The molecule has 0 aromatic heterocycles. The summed E-state index contributed by atoms with van der Waals surface area (Å²) < 4.78 is 5.57. The summed E-state index contributed by atoms with van der Waals surface area (Å²) in [7, 11) is 0. The van der Waals surface area contributed by atoms with Crippen LogP contribution in [0.15, 0.2) is 48.5 Å². The minimum absolute atomic E-state index is 0.142. The van der Waals surface area contributed by atoms with Crippen LogP contribution >= 0.6 is 0 Å². The molecule has 0 fully saturated rings. The van der Waals surface area contributed by atoms with Crippen LogP contribution in [0.1, 0.15) is 37.8 Å². The smallest absolute Gasteiger partial charge is 0.311 e. The van der Waals surface area contributed by atoms with E-state index < -0.39 is 5.41 Å². The van der Waals surface area contributed by atoms with Gasteiger partial charge in [-0.1, -0.05) is 48.5 Å². The SMILES string of the molecule is CC(C)(C)C(=O)OCC1c2ccccc2-c2ccccc21. The molecule has 0 saturated carbocycles. The van der Waals surface area contributed by atoms with Crippen LogP contribution in [0, 0.1) is 5.41 Å². The first-order valence-corrected chi connectivity index (χ1v) is 7.34. The van der Waals surface area contributed by atoms with Gasteiger partial charge in [0.1, 0.15) is 6.61 Å². The molecule has 0 bridgehead atoms. The van der Waals surface area contributed by atoms with Crippen molar-refractivity contribution in [3.05, 3.63) is 59.7 Å². The lowest BCUT2D eigenvalue weighted by atomic mass is 9.96. The number of carbonyl (C=O) groups is 1. The third kappa shape index (κ3) is 2.46. The van der Waals surface area contributed by atoms with Crippen LogP contribution in [0.5, 0.6) is 0 Å². The summed E-state index contributed by atoms with van der Waals surface area (Å²) in [5.41, 5.74) is 4.55. The minimum Gasteiger partial charge on any atom is -0.464 e. The molecule has 1 aliphatic carbocycles. The molecule has 0 N–H and O–H groups in total. The van der Waals surface area contributed by atoms with Gasteiger partial charge in [-0.3, -0.25) is 4.79 Å². The van der Waals surface area contributed by atoms with E-state index in [1.54, 1.807) is 0 Å². The lowest BCUT2D eigenvalue weighted by Gasteiger charge is -2.20. The second-order valence-electron chi connectivity index (χ2n) is 6.58. The number of rotatable bonds is 2. The molecule has 0 radical (unpaired) electrons. The van der Waals surface area contributed by atoms with Crippen LogP contribution in [0.2, 0.25) is 0 Å². The van der Waals surface area contributed by atoms with E-state index in [4.69, 9.17) is 4.74 Å². The van der Waals surface area contributed by atoms with Gasteiger partial charge in [0.15, 0.2) is 0 Å². The van der Waals surface area contributed by atoms with Crippen molar-refractivity contribution in [1.82, 2.24) is 0 Å². The van der Waals surface area contributed by atoms with Crippen LogP contribution in [-0.2, 0) is 9.53 Å². The highest BCUT2D eigenvalue weighted by Crippen LogP contribution is 2.44. The number of esters is 1. The number of carbonyl (C=O) groups excluding carboxylic acids is 1. The van der Waals surface area contributed by atoms with E-state index in [0.29, 0.717) is 6.61 Å². The van der Waals surface area contributed by atoms with E-state index in [0.717, 1.165) is 0 Å². The lowest BCUT2D eigenvalue weighted by molar-refractivity contribution is -0.153. The van der Waals surface area contributed by atoms with Gasteiger partial charge in [0.2, 0.25) is 0 Å². The summed E-state index contributed by atoms with van der Waals surface area (Å²) in [6.45, 7) is 6.05. The maximum atomic E-state index is 12.0. The van der Waals surface area contributed by atoms with E-state index in [2.05, 4.69) is 36.4 Å². The molecule has 0 saturated heterocycles. The van der Waals surface area contributed by atoms with Crippen LogP contribution in [0.25, 0.3) is 11.1 Å². The van der Waals surface area contributed by atoms with E-state index in [1.807, 2.05) is 32.9 Å². The predicted octanol–water partition coefficient (Wildman–Crippen LogP) is 4.39. The molecular formula is C19H20O2. The molecule has 0 unspecified atom stereocenters. The van der Waals surface area contributed by atoms with E-state index >= 15 is 0 Å². The number of hydrogen-bond acceptors (Lipinski definition) is 2. The Kier molecular flexibility index (Phi) is 3.32. The molecule has 2 aromatic carbocycles. The van der Waals surface area contributed by atoms with Crippen LogP contribution < -0.4 is 0 Å². The molecule has 108 valence electrons. The summed E-state index contributed by atoms with van der Waals surface area (Å²) in [6.07, 6.45) is 0. The van der Waals surface area contributed by atoms with Gasteiger partial charge in [0.25, 0.3) is 0 Å². The van der Waals surface area contributed by atoms with E-state index in [9.17, 15) is 4.79 Å². The molecule has 0 spiro atoms. The summed E-state index contributed by atoms with van der Waals surface area (Å²) in [4.78, 5) is 12.0. The van der Waals surface area contributed by atoms with Gasteiger partial charge in [-0.2, -0.15) is 0 Å². The Balaban J connectivity index is 1.91. The molecule has 0 amide bonds.